The van der Waals surface area contributed by atoms with Gasteiger partial charge >= 0.3 is 0 Å². The molecule has 0 radical (unpaired) electrons. The molecule has 0 aliphatic rings. The summed E-state index contributed by atoms with van der Waals surface area (Å²) in [5.74, 6) is 0.629. The molecular formula is C17H22OS. The summed E-state index contributed by atoms with van der Waals surface area (Å²) in [5.41, 5.74) is 1.23. The predicted molar refractivity (Wildman–Crippen MR) is 82.7 cm³/mol. The number of aryl methyl sites for hydroxylation is 1. The van der Waals surface area contributed by atoms with Gasteiger partial charge in [-0.2, -0.15) is 0 Å². The lowest BCUT2D eigenvalue weighted by Crippen LogP contribution is -2.17. The summed E-state index contributed by atoms with van der Waals surface area (Å²) in [5, 5.41) is 10.8. The lowest BCUT2D eigenvalue weighted by Gasteiger charge is -2.28. The Labute approximate surface area is 119 Å². The zero-order valence-corrected chi connectivity index (χ0v) is 12.7. The second kappa shape index (κ2) is 6.36. The normalized spacial score (nSPS) is 16.0. The van der Waals surface area contributed by atoms with Crippen LogP contribution in [0.5, 0.6) is 0 Å². The van der Waals surface area contributed by atoms with E-state index in [1.54, 1.807) is 11.3 Å². The van der Waals surface area contributed by atoms with Crippen molar-refractivity contribution in [3.05, 3.63) is 57.8 Å². The number of rotatable bonds is 5. The molecule has 2 heteroatoms. The number of benzene rings is 1. The summed E-state index contributed by atoms with van der Waals surface area (Å²) in [4.78, 5) is 2.33. The van der Waals surface area contributed by atoms with Crippen LogP contribution in [0.15, 0.2) is 42.5 Å². The van der Waals surface area contributed by atoms with Crippen LogP contribution in [0, 0.1) is 12.8 Å². The first-order valence-electron chi connectivity index (χ1n) is 6.92. The summed E-state index contributed by atoms with van der Waals surface area (Å²) in [6.07, 6.45) is 0.664. The fourth-order valence-corrected chi connectivity index (χ4v) is 3.45. The van der Waals surface area contributed by atoms with Gasteiger partial charge in [0.1, 0.15) is 0 Å². The highest BCUT2D eigenvalue weighted by atomic mass is 32.1. The van der Waals surface area contributed by atoms with Crippen molar-refractivity contribution in [3.63, 3.8) is 0 Å². The van der Waals surface area contributed by atoms with Gasteiger partial charge in [-0.05, 0) is 30.5 Å². The maximum atomic E-state index is 10.8. The van der Waals surface area contributed by atoms with Gasteiger partial charge in [0.2, 0.25) is 0 Å². The van der Waals surface area contributed by atoms with E-state index in [-0.39, 0.29) is 5.92 Å². The Balaban J connectivity index is 2.33. The fraction of sp³-hybridized carbons (Fsp3) is 0.412. The third-order valence-corrected chi connectivity index (χ3v) is 4.91. The summed E-state index contributed by atoms with van der Waals surface area (Å²) >= 11 is 1.70. The van der Waals surface area contributed by atoms with Crippen LogP contribution < -0.4 is 0 Å². The number of hydrogen-bond acceptors (Lipinski definition) is 2. The Kier molecular flexibility index (Phi) is 4.78. The average Bonchev–Trinajstić information content (AvgIpc) is 2.86. The molecular weight excluding hydrogens is 252 g/mol. The van der Waals surface area contributed by atoms with Crippen molar-refractivity contribution in [2.45, 2.75) is 39.2 Å². The molecule has 0 amide bonds. The molecule has 0 spiro atoms. The van der Waals surface area contributed by atoms with Crippen LogP contribution in [0.1, 0.15) is 47.6 Å². The van der Waals surface area contributed by atoms with Gasteiger partial charge < -0.3 is 5.11 Å². The summed E-state index contributed by atoms with van der Waals surface area (Å²) in [6, 6.07) is 14.5. The molecule has 0 aliphatic carbocycles. The zero-order valence-electron chi connectivity index (χ0n) is 11.8. The number of aliphatic hydroxyl groups excluding tert-OH is 1. The van der Waals surface area contributed by atoms with Crippen molar-refractivity contribution >= 4 is 11.3 Å². The van der Waals surface area contributed by atoms with Crippen LogP contribution in [0.4, 0.5) is 0 Å². The van der Waals surface area contributed by atoms with Gasteiger partial charge in [-0.15, -0.1) is 11.3 Å². The van der Waals surface area contributed by atoms with E-state index in [9.17, 15) is 5.11 Å². The van der Waals surface area contributed by atoms with Gasteiger partial charge in [-0.1, -0.05) is 50.6 Å². The molecule has 2 aromatic rings. The molecule has 3 unspecified atom stereocenters. The Morgan fingerprint density at radius 1 is 1.11 bits per heavy atom. The Morgan fingerprint density at radius 3 is 2.32 bits per heavy atom. The quantitative estimate of drug-likeness (QED) is 0.820. The van der Waals surface area contributed by atoms with Crippen molar-refractivity contribution in [2.75, 3.05) is 0 Å². The highest BCUT2D eigenvalue weighted by molar-refractivity contribution is 7.12. The number of thiophene rings is 1. The Bertz CT molecular complexity index is 503. The lowest BCUT2D eigenvalue weighted by molar-refractivity contribution is 0.121. The highest BCUT2D eigenvalue weighted by Crippen LogP contribution is 2.40. The minimum absolute atomic E-state index is 0.171. The maximum Gasteiger partial charge on any atom is 0.0952 e. The summed E-state index contributed by atoms with van der Waals surface area (Å²) < 4.78 is 0. The zero-order chi connectivity index (χ0) is 13.8. The molecule has 102 valence electrons. The van der Waals surface area contributed by atoms with E-state index in [0.29, 0.717) is 5.92 Å². The molecule has 1 aromatic carbocycles. The molecule has 2 rings (SSSR count). The second-order valence-electron chi connectivity index (χ2n) is 5.22. The average molecular weight is 274 g/mol. The van der Waals surface area contributed by atoms with Crippen LogP contribution in [0.25, 0.3) is 0 Å². The first kappa shape index (κ1) is 14.3. The smallest absolute Gasteiger partial charge is 0.0952 e. The van der Waals surface area contributed by atoms with Gasteiger partial charge in [-0.3, -0.25) is 0 Å². The minimum Gasteiger partial charge on any atom is -0.387 e. The van der Waals surface area contributed by atoms with Gasteiger partial charge in [-0.25, -0.2) is 0 Å². The van der Waals surface area contributed by atoms with Crippen LogP contribution in [-0.2, 0) is 0 Å². The fourth-order valence-electron chi connectivity index (χ4n) is 2.54. The van der Waals surface area contributed by atoms with Crippen LogP contribution in [0.2, 0.25) is 0 Å². The van der Waals surface area contributed by atoms with E-state index in [2.05, 4.69) is 57.2 Å². The van der Waals surface area contributed by atoms with Crippen molar-refractivity contribution < 1.29 is 5.11 Å². The number of aliphatic hydroxyl groups is 1. The standard InChI is InChI=1S/C17H22OS/c1-4-12(2)16(14-8-6-5-7-9-14)17(18)15-11-10-13(3)19-15/h5-12,16-18H,4H2,1-3H3. The molecule has 1 nitrogen and oxygen atoms in total. The Hall–Kier alpha value is -1.12. The molecule has 0 bridgehead atoms. The summed E-state index contributed by atoms with van der Waals surface area (Å²) in [7, 11) is 0. The SMILES string of the molecule is CCC(C)C(c1ccccc1)C(O)c1ccc(C)s1. The lowest BCUT2D eigenvalue weighted by atomic mass is 9.81. The molecule has 1 aromatic heterocycles. The molecule has 19 heavy (non-hydrogen) atoms. The third kappa shape index (κ3) is 3.26. The van der Waals surface area contributed by atoms with Crippen molar-refractivity contribution in [1.82, 2.24) is 0 Å². The molecule has 0 fully saturated rings. The molecule has 0 saturated carbocycles. The minimum atomic E-state index is -0.406. The molecule has 1 N–H and O–H groups in total. The van der Waals surface area contributed by atoms with Crippen LogP contribution in [0.3, 0.4) is 0 Å². The van der Waals surface area contributed by atoms with Crippen molar-refractivity contribution in [2.24, 2.45) is 5.92 Å². The predicted octanol–water partition coefficient (Wildman–Crippen LogP) is 4.92. The van der Waals surface area contributed by atoms with Gasteiger partial charge in [0.25, 0.3) is 0 Å². The van der Waals surface area contributed by atoms with E-state index in [1.165, 1.54) is 10.4 Å². The second-order valence-corrected chi connectivity index (χ2v) is 6.53. The maximum absolute atomic E-state index is 10.8. The molecule has 0 saturated heterocycles. The first-order chi connectivity index (χ1) is 9.13. The van der Waals surface area contributed by atoms with Crippen LogP contribution in [-0.4, -0.2) is 5.11 Å². The Morgan fingerprint density at radius 2 is 1.79 bits per heavy atom. The largest absolute Gasteiger partial charge is 0.387 e. The highest BCUT2D eigenvalue weighted by Gasteiger charge is 2.28. The molecule has 3 atom stereocenters. The van der Waals surface area contributed by atoms with Crippen molar-refractivity contribution in [1.29, 1.82) is 0 Å². The topological polar surface area (TPSA) is 20.2 Å². The van der Waals surface area contributed by atoms with Crippen molar-refractivity contribution in [3.8, 4) is 0 Å². The summed E-state index contributed by atoms with van der Waals surface area (Å²) in [6.45, 7) is 6.50. The monoisotopic (exact) mass is 274 g/mol. The number of hydrogen-bond donors (Lipinski definition) is 1. The van der Waals surface area contributed by atoms with Gasteiger partial charge in [0, 0.05) is 15.7 Å². The van der Waals surface area contributed by atoms with Gasteiger partial charge in [0.15, 0.2) is 0 Å². The molecule has 1 heterocycles. The van der Waals surface area contributed by atoms with E-state index < -0.39 is 6.10 Å². The van der Waals surface area contributed by atoms with E-state index in [4.69, 9.17) is 0 Å². The first-order valence-corrected chi connectivity index (χ1v) is 7.74. The third-order valence-electron chi connectivity index (χ3n) is 3.83. The van der Waals surface area contributed by atoms with E-state index in [0.717, 1.165) is 11.3 Å². The van der Waals surface area contributed by atoms with E-state index >= 15 is 0 Å². The van der Waals surface area contributed by atoms with Gasteiger partial charge in [0.05, 0.1) is 6.10 Å². The van der Waals surface area contributed by atoms with E-state index in [1.807, 2.05) is 6.07 Å². The van der Waals surface area contributed by atoms with Crippen LogP contribution >= 0.6 is 11.3 Å². The molecule has 0 aliphatic heterocycles.